The number of aryl methyl sites for hydroxylation is 1. The zero-order chi connectivity index (χ0) is 52.2. The molecule has 1 unspecified atom stereocenters. The molecule has 6 rings (SSSR count). The monoisotopic (exact) mass is 1030 g/mol. The van der Waals surface area contributed by atoms with E-state index >= 15 is 0 Å². The number of thioether (sulfide) groups is 1. The minimum atomic E-state index is -4.77. The van der Waals surface area contributed by atoms with Gasteiger partial charge in [-0.05, 0) is 107 Å². The first-order valence-corrected chi connectivity index (χ1v) is 25.0. The molecule has 4 aromatic rings. The van der Waals surface area contributed by atoms with Crippen LogP contribution in [0.5, 0.6) is 17.2 Å². The number of amides is 5. The highest BCUT2D eigenvalue weighted by atomic mass is 32.2. The fraction of sp³-hybridized carbons (Fsp3) is 0.423. The first-order chi connectivity index (χ1) is 34.3. The molecule has 3 N–H and O–H groups in total. The minimum absolute atomic E-state index is 0.0213. The van der Waals surface area contributed by atoms with Crippen molar-refractivity contribution in [2.75, 3.05) is 46.6 Å². The van der Waals surface area contributed by atoms with Gasteiger partial charge in [-0.25, -0.2) is 4.85 Å². The van der Waals surface area contributed by atoms with E-state index in [4.69, 9.17) is 25.5 Å². The molecule has 2 saturated heterocycles. The second-order valence-electron chi connectivity index (χ2n) is 18.3. The molecule has 0 saturated carbocycles. The van der Waals surface area contributed by atoms with Crippen LogP contribution >= 0.6 is 23.1 Å². The van der Waals surface area contributed by atoms with Crippen molar-refractivity contribution in [3.63, 3.8) is 0 Å². The van der Waals surface area contributed by atoms with Crippen LogP contribution in [0.3, 0.4) is 0 Å². The lowest BCUT2D eigenvalue weighted by molar-refractivity contribution is -0.144. The molecule has 3 heterocycles. The third-order valence-electron chi connectivity index (χ3n) is 11.8. The second kappa shape index (κ2) is 24.9. The maximum Gasteiger partial charge on any atom is 0.418 e. The summed E-state index contributed by atoms with van der Waals surface area (Å²) in [4.78, 5) is 73.3. The molecule has 15 nitrogen and oxygen atoms in total. The molecule has 3 atom stereocenters. The Morgan fingerprint density at radius 1 is 0.931 bits per heavy atom. The van der Waals surface area contributed by atoms with Crippen molar-refractivity contribution in [1.29, 1.82) is 0 Å². The zero-order valence-corrected chi connectivity index (χ0v) is 42.3. The highest BCUT2D eigenvalue weighted by Crippen LogP contribution is 2.43. The fourth-order valence-electron chi connectivity index (χ4n) is 7.96. The quantitative estimate of drug-likeness (QED) is 0.0388. The van der Waals surface area contributed by atoms with Crippen LogP contribution in [-0.4, -0.2) is 109 Å². The molecule has 3 aromatic carbocycles. The lowest BCUT2D eigenvalue weighted by Crippen LogP contribution is -2.57. The van der Waals surface area contributed by atoms with Crippen LogP contribution in [-0.2, 0) is 41.4 Å². The lowest BCUT2D eigenvalue weighted by atomic mass is 9.85. The van der Waals surface area contributed by atoms with Crippen LogP contribution in [0.1, 0.15) is 75.1 Å². The van der Waals surface area contributed by atoms with E-state index in [2.05, 4.69) is 28.5 Å². The van der Waals surface area contributed by atoms with Gasteiger partial charge in [0.2, 0.25) is 17.7 Å². The maximum absolute atomic E-state index is 14.0. The summed E-state index contributed by atoms with van der Waals surface area (Å²) in [6.45, 7) is 15.9. The number of hydrogen-bond donors (Lipinski definition) is 3. The topological polar surface area (TPSA) is 177 Å². The summed E-state index contributed by atoms with van der Waals surface area (Å²) in [5.74, 6) is -2.17. The molecule has 72 heavy (non-hydrogen) atoms. The number of halogens is 3. The fourth-order valence-corrected chi connectivity index (χ4v) is 9.76. The van der Waals surface area contributed by atoms with Gasteiger partial charge >= 0.3 is 6.18 Å². The number of aliphatic hydroxyl groups excluding tert-OH is 1. The van der Waals surface area contributed by atoms with E-state index in [1.807, 2.05) is 50.4 Å². The molecular formula is C52H58F3N5O10S2. The Kier molecular flexibility index (Phi) is 19.1. The number of aliphatic hydroxyl groups is 1. The van der Waals surface area contributed by atoms with E-state index < -0.39 is 64.1 Å². The van der Waals surface area contributed by atoms with Gasteiger partial charge < -0.3 is 39.6 Å². The van der Waals surface area contributed by atoms with Gasteiger partial charge in [0, 0.05) is 44.0 Å². The van der Waals surface area contributed by atoms with E-state index in [1.54, 1.807) is 11.3 Å². The van der Waals surface area contributed by atoms with E-state index in [0.717, 1.165) is 33.9 Å². The van der Waals surface area contributed by atoms with Gasteiger partial charge in [-0.15, -0.1) is 11.3 Å². The van der Waals surface area contributed by atoms with Crippen molar-refractivity contribution >= 4 is 63.7 Å². The lowest BCUT2D eigenvalue weighted by Gasteiger charge is -2.35. The van der Waals surface area contributed by atoms with Gasteiger partial charge in [-0.2, -0.15) is 13.2 Å². The molecule has 1 aromatic heterocycles. The number of alkyl halides is 3. The Hall–Kier alpha value is -6.24. The van der Waals surface area contributed by atoms with E-state index in [0.29, 0.717) is 37.5 Å². The third-order valence-corrected chi connectivity index (χ3v) is 13.8. The van der Waals surface area contributed by atoms with E-state index in [-0.39, 0.29) is 80.3 Å². The number of carbonyl (C=O) groups excluding carboxylic acids is 5. The third kappa shape index (κ3) is 14.7. The van der Waals surface area contributed by atoms with Gasteiger partial charge in [0.05, 0.1) is 50.1 Å². The molecule has 5 amide bonds. The Bertz CT molecular complexity index is 2660. The van der Waals surface area contributed by atoms with Crippen molar-refractivity contribution in [3.8, 4) is 27.7 Å². The number of nitrogens with one attached hydrogen (secondary N) is 2. The first-order valence-electron chi connectivity index (χ1n) is 23.3. The summed E-state index contributed by atoms with van der Waals surface area (Å²) in [5.41, 5.74) is 1.61. The van der Waals surface area contributed by atoms with Gasteiger partial charge in [0.25, 0.3) is 11.1 Å². The number of β-amino-alcohol motifs (C(OH)–C–C–N with tert-alkyl or cyclic N) is 1. The number of hydrogen-bond acceptors (Lipinski definition) is 12. The van der Waals surface area contributed by atoms with Crippen molar-refractivity contribution in [2.24, 2.45) is 5.41 Å². The van der Waals surface area contributed by atoms with Gasteiger partial charge in [-0.1, -0.05) is 57.2 Å². The molecule has 0 radical (unpaired) electrons. The van der Waals surface area contributed by atoms with E-state index in [1.165, 1.54) is 52.8 Å². The summed E-state index contributed by atoms with van der Waals surface area (Å²) in [6, 6.07) is 15.5. The molecule has 0 aliphatic carbocycles. The molecule has 2 aliphatic rings. The van der Waals surface area contributed by atoms with Crippen LogP contribution in [0.25, 0.3) is 21.4 Å². The first kappa shape index (κ1) is 55.1. The predicted octanol–water partition coefficient (Wildman–Crippen LogP) is 9.53. The number of unbranched alkanes of at least 4 members (excludes halogenated alkanes) is 2. The predicted molar refractivity (Wildman–Crippen MR) is 267 cm³/mol. The standard InChI is InChI=1S/C52H58F3N5O10S2/c1-32-19-25-71-45(32)35-13-10-33(11-14-35)30-57-47(63)39-29-37(61)31-60(39)49(65)46(51(2,3)4)58-44(62)18-22-69-24-23-68-21-9-7-8-20-59-48(64)43(72-50(59)66)27-34-12-16-41(42(26-34)67-6)70-40-17-15-36(56-5)28-38(40)52(53,54)55/h10-17,19,25-28,37,39,46,61H,7-9,18,20-24,29-31H2,1-4,6H3,(H,57,63)(H,58,62)/b43-27-/t37-,39?,46-/m1/s1. The van der Waals surface area contributed by atoms with Crippen LogP contribution in [0.4, 0.5) is 23.7 Å². The molecular weight excluding hydrogens is 976 g/mol. The molecule has 384 valence electrons. The Morgan fingerprint density at radius 3 is 2.32 bits per heavy atom. The molecule has 0 spiro atoms. The van der Waals surface area contributed by atoms with Crippen LogP contribution in [0.15, 0.2) is 77.0 Å². The average Bonchev–Trinajstić information content (AvgIpc) is 4.03. The van der Waals surface area contributed by atoms with Crippen LogP contribution in [0.2, 0.25) is 0 Å². The summed E-state index contributed by atoms with van der Waals surface area (Å²) in [7, 11) is 1.31. The Labute approximate surface area is 424 Å². The number of benzene rings is 3. The van der Waals surface area contributed by atoms with Crippen LogP contribution < -0.4 is 20.1 Å². The minimum Gasteiger partial charge on any atom is -0.493 e. The smallest absolute Gasteiger partial charge is 0.418 e. The number of carbonyl (C=O) groups is 5. The number of imide groups is 1. The molecule has 20 heteroatoms. The largest absolute Gasteiger partial charge is 0.493 e. The number of thiophene rings is 1. The number of rotatable bonds is 22. The normalized spacial score (nSPS) is 17.0. The van der Waals surface area contributed by atoms with Crippen molar-refractivity contribution in [3.05, 3.63) is 111 Å². The van der Waals surface area contributed by atoms with Gasteiger partial charge in [0.1, 0.15) is 17.8 Å². The molecule has 2 aliphatic heterocycles. The van der Waals surface area contributed by atoms with Crippen molar-refractivity contribution in [2.45, 2.75) is 90.7 Å². The maximum atomic E-state index is 14.0. The van der Waals surface area contributed by atoms with Gasteiger partial charge in [0.15, 0.2) is 17.2 Å². The number of ether oxygens (including phenoxy) is 4. The summed E-state index contributed by atoms with van der Waals surface area (Å²) >= 11 is 2.44. The van der Waals surface area contributed by atoms with Crippen LogP contribution in [0, 0.1) is 18.9 Å². The summed E-state index contributed by atoms with van der Waals surface area (Å²) < 4.78 is 63.3. The summed E-state index contributed by atoms with van der Waals surface area (Å²) in [5, 5.41) is 17.9. The average molecular weight is 1030 g/mol. The molecule has 0 bridgehead atoms. The Balaban J connectivity index is 0.864. The van der Waals surface area contributed by atoms with Gasteiger partial charge in [-0.3, -0.25) is 28.9 Å². The van der Waals surface area contributed by atoms with E-state index in [9.17, 15) is 42.3 Å². The number of likely N-dealkylation sites (tertiary alicyclic amines) is 1. The SMILES string of the molecule is [C-]#[N+]c1ccc(Oc2ccc(/C=C3\SC(=O)N(CCCCCOCCOCCC(=O)N[C@H](C(=O)N4C[C@H](O)CC4C(=O)NCc4ccc(-c5sccc5C)cc4)C(C)(C)C)C3=O)cc2OC)c(C(F)(F)F)c1. The zero-order valence-electron chi connectivity index (χ0n) is 40.6. The Morgan fingerprint density at radius 2 is 1.65 bits per heavy atom. The van der Waals surface area contributed by atoms with Crippen molar-refractivity contribution in [1.82, 2.24) is 20.4 Å². The molecule has 2 fully saturated rings. The summed E-state index contributed by atoms with van der Waals surface area (Å²) in [6.07, 6.45) is -2.26. The number of methoxy groups -OCH3 is 1. The highest BCUT2D eigenvalue weighted by Gasteiger charge is 2.44. The van der Waals surface area contributed by atoms with Crippen molar-refractivity contribution < 1.29 is 61.2 Å². The number of nitrogens with zero attached hydrogens (tertiary/aromatic N) is 3. The highest BCUT2D eigenvalue weighted by molar-refractivity contribution is 8.18. The second-order valence-corrected chi connectivity index (χ2v) is 20.2.